The molecule has 0 bridgehead atoms. The number of rotatable bonds is 6. The fourth-order valence-corrected chi connectivity index (χ4v) is 2.39. The highest BCUT2D eigenvalue weighted by Crippen LogP contribution is 2.11. The summed E-state index contributed by atoms with van der Waals surface area (Å²) in [5, 5.41) is 5.66. The second kappa shape index (κ2) is 6.17. The lowest BCUT2D eigenvalue weighted by molar-refractivity contribution is 0.340. The summed E-state index contributed by atoms with van der Waals surface area (Å²) in [4.78, 5) is 3.71. The van der Waals surface area contributed by atoms with Crippen molar-refractivity contribution in [1.82, 2.24) is 10.2 Å². The fraction of sp³-hybridized carbons (Fsp3) is 0.636. The lowest BCUT2D eigenvalue weighted by atomic mass is 10.1. The summed E-state index contributed by atoms with van der Waals surface area (Å²) in [6.45, 7) is 4.31. The van der Waals surface area contributed by atoms with E-state index in [-0.39, 0.29) is 0 Å². The first-order chi connectivity index (χ1) is 6.72. The molecule has 0 aliphatic heterocycles. The van der Waals surface area contributed by atoms with Gasteiger partial charge >= 0.3 is 0 Å². The summed E-state index contributed by atoms with van der Waals surface area (Å²) in [6.07, 6.45) is 1.14. The van der Waals surface area contributed by atoms with Gasteiger partial charge in [0, 0.05) is 17.5 Å². The molecule has 0 saturated heterocycles. The normalized spacial score (nSPS) is 13.4. The Morgan fingerprint density at radius 1 is 1.50 bits per heavy atom. The van der Waals surface area contributed by atoms with Gasteiger partial charge in [0.25, 0.3) is 0 Å². The van der Waals surface area contributed by atoms with Crippen LogP contribution in [0, 0.1) is 0 Å². The second-order valence-electron chi connectivity index (χ2n) is 3.80. The molecule has 14 heavy (non-hydrogen) atoms. The minimum atomic E-state index is 0.577. The molecule has 1 heterocycles. The van der Waals surface area contributed by atoms with Crippen LogP contribution in [0.15, 0.2) is 17.5 Å². The van der Waals surface area contributed by atoms with Gasteiger partial charge in [0.2, 0.25) is 0 Å². The van der Waals surface area contributed by atoms with Crippen LogP contribution in [-0.2, 0) is 6.42 Å². The van der Waals surface area contributed by atoms with Crippen molar-refractivity contribution < 1.29 is 0 Å². The summed E-state index contributed by atoms with van der Waals surface area (Å²) in [5.41, 5.74) is 0. The van der Waals surface area contributed by atoms with Crippen molar-refractivity contribution in [2.75, 3.05) is 27.2 Å². The molecule has 0 aliphatic rings. The molecule has 1 N–H and O–H groups in total. The molecule has 0 amide bonds. The third-order valence-electron chi connectivity index (χ3n) is 2.11. The van der Waals surface area contributed by atoms with Crippen LogP contribution in [0.5, 0.6) is 0 Å². The average Bonchev–Trinajstić information content (AvgIpc) is 2.56. The smallest absolute Gasteiger partial charge is 0.0242 e. The molecule has 1 aromatic heterocycles. The van der Waals surface area contributed by atoms with Crippen LogP contribution in [0.25, 0.3) is 0 Å². The number of hydrogen-bond acceptors (Lipinski definition) is 3. The molecule has 0 fully saturated rings. The molecule has 0 aromatic carbocycles. The molecule has 80 valence electrons. The predicted octanol–water partition coefficient (Wildman–Crippen LogP) is 1.83. The summed E-state index contributed by atoms with van der Waals surface area (Å²) in [5.74, 6) is 0. The van der Waals surface area contributed by atoms with E-state index >= 15 is 0 Å². The Morgan fingerprint density at radius 3 is 2.79 bits per heavy atom. The molecule has 0 radical (unpaired) electrons. The van der Waals surface area contributed by atoms with Crippen LogP contribution in [0.2, 0.25) is 0 Å². The highest BCUT2D eigenvalue weighted by Gasteiger charge is 2.09. The zero-order chi connectivity index (χ0) is 10.4. The Bertz CT molecular complexity index is 231. The first-order valence-corrected chi connectivity index (χ1v) is 6.00. The maximum absolute atomic E-state index is 3.52. The predicted molar refractivity (Wildman–Crippen MR) is 64.0 cm³/mol. The summed E-state index contributed by atoms with van der Waals surface area (Å²) in [6, 6.07) is 4.91. The van der Waals surface area contributed by atoms with Crippen molar-refractivity contribution in [2.24, 2.45) is 0 Å². The van der Waals surface area contributed by atoms with Gasteiger partial charge in [0.1, 0.15) is 0 Å². The van der Waals surface area contributed by atoms with Crippen molar-refractivity contribution in [3.63, 3.8) is 0 Å². The third kappa shape index (κ3) is 4.22. The van der Waals surface area contributed by atoms with Gasteiger partial charge in [0.15, 0.2) is 0 Å². The van der Waals surface area contributed by atoms with Crippen molar-refractivity contribution >= 4 is 11.3 Å². The second-order valence-corrected chi connectivity index (χ2v) is 4.83. The van der Waals surface area contributed by atoms with Gasteiger partial charge in [-0.15, -0.1) is 11.3 Å². The van der Waals surface area contributed by atoms with E-state index in [9.17, 15) is 0 Å². The lowest BCUT2D eigenvalue weighted by Gasteiger charge is -2.21. The molecular formula is C11H20N2S. The quantitative estimate of drug-likeness (QED) is 0.774. The minimum Gasteiger partial charge on any atom is -0.313 e. The Kier molecular flexibility index (Phi) is 5.15. The van der Waals surface area contributed by atoms with E-state index in [2.05, 4.69) is 48.7 Å². The van der Waals surface area contributed by atoms with E-state index in [1.54, 1.807) is 0 Å². The van der Waals surface area contributed by atoms with E-state index in [1.165, 1.54) is 4.88 Å². The zero-order valence-corrected chi connectivity index (χ0v) is 10.1. The SMILES string of the molecule is CCNC(Cc1cccs1)CN(C)C. The van der Waals surface area contributed by atoms with Crippen LogP contribution >= 0.6 is 11.3 Å². The van der Waals surface area contributed by atoms with Crippen LogP contribution in [-0.4, -0.2) is 38.1 Å². The Labute approximate surface area is 90.9 Å². The lowest BCUT2D eigenvalue weighted by Crippen LogP contribution is -2.39. The highest BCUT2D eigenvalue weighted by molar-refractivity contribution is 7.09. The van der Waals surface area contributed by atoms with Gasteiger partial charge in [-0.2, -0.15) is 0 Å². The average molecular weight is 212 g/mol. The molecule has 1 atom stereocenters. The molecule has 0 spiro atoms. The van der Waals surface area contributed by atoms with Gasteiger partial charge in [0.05, 0.1) is 0 Å². The molecule has 1 rings (SSSR count). The Morgan fingerprint density at radius 2 is 2.29 bits per heavy atom. The van der Waals surface area contributed by atoms with Crippen molar-refractivity contribution in [1.29, 1.82) is 0 Å². The summed E-state index contributed by atoms with van der Waals surface area (Å²) >= 11 is 1.85. The Balaban J connectivity index is 2.42. The number of nitrogens with one attached hydrogen (secondary N) is 1. The van der Waals surface area contributed by atoms with Gasteiger partial charge in [-0.25, -0.2) is 0 Å². The van der Waals surface area contributed by atoms with Crippen molar-refractivity contribution in [2.45, 2.75) is 19.4 Å². The van der Waals surface area contributed by atoms with E-state index < -0.39 is 0 Å². The topological polar surface area (TPSA) is 15.3 Å². The zero-order valence-electron chi connectivity index (χ0n) is 9.29. The van der Waals surface area contributed by atoms with Gasteiger partial charge in [-0.05, 0) is 38.5 Å². The molecule has 0 aliphatic carbocycles. The number of nitrogens with zero attached hydrogens (tertiary/aromatic N) is 1. The van der Waals surface area contributed by atoms with Crippen LogP contribution in [0.4, 0.5) is 0 Å². The van der Waals surface area contributed by atoms with E-state index in [4.69, 9.17) is 0 Å². The molecule has 1 unspecified atom stereocenters. The summed E-state index contributed by atoms with van der Waals surface area (Å²) in [7, 11) is 4.25. The number of thiophene rings is 1. The van der Waals surface area contributed by atoms with Crippen LogP contribution in [0.3, 0.4) is 0 Å². The van der Waals surface area contributed by atoms with Gasteiger partial charge < -0.3 is 10.2 Å². The molecular weight excluding hydrogens is 192 g/mol. The number of likely N-dealkylation sites (N-methyl/N-ethyl adjacent to an activating group) is 2. The summed E-state index contributed by atoms with van der Waals surface area (Å²) < 4.78 is 0. The monoisotopic (exact) mass is 212 g/mol. The van der Waals surface area contributed by atoms with E-state index in [0.29, 0.717) is 6.04 Å². The van der Waals surface area contributed by atoms with Crippen LogP contribution < -0.4 is 5.32 Å². The molecule has 2 nitrogen and oxygen atoms in total. The van der Waals surface area contributed by atoms with Crippen molar-refractivity contribution in [3.8, 4) is 0 Å². The number of hydrogen-bond donors (Lipinski definition) is 1. The largest absolute Gasteiger partial charge is 0.313 e. The maximum atomic E-state index is 3.52. The third-order valence-corrected chi connectivity index (χ3v) is 3.00. The van der Waals surface area contributed by atoms with Crippen molar-refractivity contribution in [3.05, 3.63) is 22.4 Å². The molecule has 0 saturated carbocycles. The molecule has 1 aromatic rings. The standard InChI is InChI=1S/C11H20N2S/c1-4-12-10(9-13(2)3)8-11-6-5-7-14-11/h5-7,10,12H,4,8-9H2,1-3H3. The molecule has 3 heteroatoms. The Hall–Kier alpha value is -0.380. The van der Waals surface area contributed by atoms with Gasteiger partial charge in [-0.3, -0.25) is 0 Å². The van der Waals surface area contributed by atoms with Crippen LogP contribution in [0.1, 0.15) is 11.8 Å². The highest BCUT2D eigenvalue weighted by atomic mass is 32.1. The van der Waals surface area contributed by atoms with E-state index in [1.807, 2.05) is 11.3 Å². The van der Waals surface area contributed by atoms with E-state index in [0.717, 1.165) is 19.5 Å². The van der Waals surface area contributed by atoms with Gasteiger partial charge in [-0.1, -0.05) is 13.0 Å². The first kappa shape index (κ1) is 11.7. The maximum Gasteiger partial charge on any atom is 0.0242 e. The first-order valence-electron chi connectivity index (χ1n) is 5.13. The minimum absolute atomic E-state index is 0.577. The fourth-order valence-electron chi connectivity index (χ4n) is 1.60.